The van der Waals surface area contributed by atoms with E-state index in [0.29, 0.717) is 10.0 Å². The lowest BCUT2D eigenvalue weighted by Gasteiger charge is -2.11. The number of halogens is 2. The molecule has 0 radical (unpaired) electrons. The molecule has 3 nitrogen and oxygen atoms in total. The molecule has 0 aliphatic carbocycles. The van der Waals surface area contributed by atoms with Gasteiger partial charge >= 0.3 is 5.69 Å². The van der Waals surface area contributed by atoms with Crippen LogP contribution >= 0.6 is 23.2 Å². The van der Waals surface area contributed by atoms with E-state index in [4.69, 9.17) is 28.6 Å². The summed E-state index contributed by atoms with van der Waals surface area (Å²) in [6.07, 6.45) is 0. The molecule has 0 bridgehead atoms. The zero-order valence-electron chi connectivity index (χ0n) is 7.25. The Morgan fingerprint density at radius 3 is 2.00 bits per heavy atom. The highest BCUT2D eigenvalue weighted by Crippen LogP contribution is 2.36. The second kappa shape index (κ2) is 3.82. The van der Waals surface area contributed by atoms with Gasteiger partial charge in [-0.1, -0.05) is 23.2 Å². The smallest absolute Gasteiger partial charge is 0.378 e. The van der Waals surface area contributed by atoms with Gasteiger partial charge in [-0.15, -0.1) is 0 Å². The quantitative estimate of drug-likeness (QED) is 0.673. The summed E-state index contributed by atoms with van der Waals surface area (Å²) in [7, 11) is 3.75. The van der Waals surface area contributed by atoms with Crippen LogP contribution in [-0.4, -0.2) is 14.1 Å². The summed E-state index contributed by atoms with van der Waals surface area (Å²) in [6, 6.07) is 3.37. The van der Waals surface area contributed by atoms with Gasteiger partial charge in [0.15, 0.2) is 4.98 Å². The van der Waals surface area contributed by atoms with Crippen molar-refractivity contribution in [3.05, 3.63) is 27.2 Å². The maximum absolute atomic E-state index is 8.57. The SMILES string of the molecule is CN(C)c1cc(Cl)c([N+]#N)c(Cl)c1. The molecule has 0 fully saturated rings. The van der Waals surface area contributed by atoms with E-state index in [1.165, 1.54) is 0 Å². The molecule has 0 amide bonds. The summed E-state index contributed by atoms with van der Waals surface area (Å²) in [5.74, 6) is 0. The fourth-order valence-corrected chi connectivity index (χ4v) is 1.46. The zero-order valence-corrected chi connectivity index (χ0v) is 8.76. The summed E-state index contributed by atoms with van der Waals surface area (Å²) in [5.41, 5.74) is 1.07. The molecule has 0 heterocycles. The summed E-state index contributed by atoms with van der Waals surface area (Å²) < 4.78 is 0. The third-order valence-corrected chi connectivity index (χ3v) is 2.19. The minimum atomic E-state index is 0.203. The summed E-state index contributed by atoms with van der Waals surface area (Å²) in [6.45, 7) is 0. The highest BCUT2D eigenvalue weighted by molar-refractivity contribution is 6.39. The Bertz CT molecular complexity index is 345. The van der Waals surface area contributed by atoms with Crippen molar-refractivity contribution in [1.82, 2.24) is 0 Å². The molecule has 0 saturated heterocycles. The van der Waals surface area contributed by atoms with Gasteiger partial charge in [-0.05, 0) is 12.1 Å². The average molecular weight is 217 g/mol. The van der Waals surface area contributed by atoms with Gasteiger partial charge in [-0.25, -0.2) is 0 Å². The lowest BCUT2D eigenvalue weighted by molar-refractivity contribution is 1.13. The Morgan fingerprint density at radius 1 is 1.23 bits per heavy atom. The molecule has 0 aliphatic rings. The van der Waals surface area contributed by atoms with Gasteiger partial charge in [0.2, 0.25) is 5.39 Å². The molecule has 0 unspecified atom stereocenters. The van der Waals surface area contributed by atoms with Crippen LogP contribution in [0.5, 0.6) is 0 Å². The first-order chi connectivity index (χ1) is 6.06. The summed E-state index contributed by atoms with van der Waals surface area (Å²) in [5, 5.41) is 9.24. The minimum Gasteiger partial charge on any atom is -0.378 e. The first-order valence-corrected chi connectivity index (χ1v) is 4.33. The Kier molecular flexibility index (Phi) is 2.97. The van der Waals surface area contributed by atoms with Gasteiger partial charge in [-0.3, -0.25) is 0 Å². The van der Waals surface area contributed by atoms with E-state index in [2.05, 4.69) is 4.98 Å². The number of benzene rings is 1. The lowest BCUT2D eigenvalue weighted by Crippen LogP contribution is -2.08. The van der Waals surface area contributed by atoms with E-state index in [1.807, 2.05) is 19.0 Å². The van der Waals surface area contributed by atoms with Crippen LogP contribution in [0.1, 0.15) is 0 Å². The van der Waals surface area contributed by atoms with Crippen LogP contribution in [0, 0.1) is 5.39 Å². The van der Waals surface area contributed by atoms with Gasteiger partial charge in [-0.2, -0.15) is 0 Å². The van der Waals surface area contributed by atoms with Crippen molar-refractivity contribution in [3.8, 4) is 0 Å². The largest absolute Gasteiger partial charge is 0.421 e. The van der Waals surface area contributed by atoms with Gasteiger partial charge in [0.05, 0.1) is 0 Å². The maximum Gasteiger partial charge on any atom is 0.421 e. The van der Waals surface area contributed by atoms with Crippen LogP contribution in [0.25, 0.3) is 4.98 Å². The van der Waals surface area contributed by atoms with Crippen LogP contribution in [0.2, 0.25) is 10.0 Å². The highest BCUT2D eigenvalue weighted by Gasteiger charge is 2.19. The molecule has 0 atom stereocenters. The van der Waals surface area contributed by atoms with Crippen molar-refractivity contribution in [1.29, 1.82) is 5.39 Å². The highest BCUT2D eigenvalue weighted by atomic mass is 35.5. The Hall–Kier alpha value is -0.980. The third kappa shape index (κ3) is 2.03. The molecule has 1 aromatic carbocycles. The number of anilines is 1. The number of hydrogen-bond donors (Lipinski definition) is 0. The van der Waals surface area contributed by atoms with E-state index < -0.39 is 0 Å². The van der Waals surface area contributed by atoms with Gasteiger partial charge in [0, 0.05) is 19.8 Å². The van der Waals surface area contributed by atoms with Crippen molar-refractivity contribution >= 4 is 34.6 Å². The second-order valence-corrected chi connectivity index (χ2v) is 3.57. The average Bonchev–Trinajstić information content (AvgIpc) is 2.03. The molecule has 0 aromatic heterocycles. The first-order valence-electron chi connectivity index (χ1n) is 3.57. The molecule has 68 valence electrons. The molecular weight excluding hydrogens is 209 g/mol. The monoisotopic (exact) mass is 216 g/mol. The van der Waals surface area contributed by atoms with E-state index in [-0.39, 0.29) is 5.69 Å². The first kappa shape index (κ1) is 10.1. The maximum atomic E-state index is 8.57. The normalized spacial score (nSPS) is 9.46. The van der Waals surface area contributed by atoms with E-state index in [0.717, 1.165) is 5.69 Å². The van der Waals surface area contributed by atoms with Crippen molar-refractivity contribution in [2.24, 2.45) is 0 Å². The topological polar surface area (TPSA) is 31.4 Å². The Balaban J connectivity index is 3.30. The van der Waals surface area contributed by atoms with Crippen molar-refractivity contribution < 1.29 is 0 Å². The number of diazo groups is 1. The second-order valence-electron chi connectivity index (χ2n) is 2.75. The van der Waals surface area contributed by atoms with Crippen molar-refractivity contribution in [3.63, 3.8) is 0 Å². The van der Waals surface area contributed by atoms with Crippen LogP contribution < -0.4 is 4.90 Å². The van der Waals surface area contributed by atoms with E-state index in [1.54, 1.807) is 12.1 Å². The molecule has 5 heteroatoms. The lowest BCUT2D eigenvalue weighted by atomic mass is 10.2. The number of nitrogens with zero attached hydrogens (tertiary/aromatic N) is 3. The minimum absolute atomic E-state index is 0.203. The molecule has 0 aliphatic heterocycles. The molecule has 1 rings (SSSR count). The van der Waals surface area contributed by atoms with Crippen LogP contribution in [0.3, 0.4) is 0 Å². The van der Waals surface area contributed by atoms with Gasteiger partial charge in [0.25, 0.3) is 0 Å². The summed E-state index contributed by atoms with van der Waals surface area (Å²) >= 11 is 11.6. The fourth-order valence-electron chi connectivity index (χ4n) is 0.906. The zero-order chi connectivity index (χ0) is 10.0. The van der Waals surface area contributed by atoms with E-state index in [9.17, 15) is 0 Å². The van der Waals surface area contributed by atoms with Crippen LogP contribution in [0.15, 0.2) is 12.1 Å². The Morgan fingerprint density at radius 2 is 1.69 bits per heavy atom. The molecule has 1 aromatic rings. The molecule has 0 spiro atoms. The van der Waals surface area contributed by atoms with Crippen LogP contribution in [-0.2, 0) is 0 Å². The Labute approximate surface area is 86.5 Å². The number of hydrogen-bond acceptors (Lipinski definition) is 2. The predicted molar refractivity (Wildman–Crippen MR) is 55.5 cm³/mol. The predicted octanol–water partition coefficient (Wildman–Crippen LogP) is 3.54. The van der Waals surface area contributed by atoms with Gasteiger partial charge < -0.3 is 4.90 Å². The number of rotatable bonds is 1. The van der Waals surface area contributed by atoms with Crippen LogP contribution in [0.4, 0.5) is 11.4 Å². The molecule has 13 heavy (non-hydrogen) atoms. The third-order valence-electron chi connectivity index (χ3n) is 1.62. The van der Waals surface area contributed by atoms with E-state index >= 15 is 0 Å². The van der Waals surface area contributed by atoms with Crippen molar-refractivity contribution in [2.75, 3.05) is 19.0 Å². The summed E-state index contributed by atoms with van der Waals surface area (Å²) in [4.78, 5) is 4.85. The molecule has 0 saturated carbocycles. The molecule has 0 N–H and O–H groups in total. The fraction of sp³-hybridized carbons (Fsp3) is 0.250. The van der Waals surface area contributed by atoms with Crippen molar-refractivity contribution in [2.45, 2.75) is 0 Å². The van der Waals surface area contributed by atoms with Gasteiger partial charge in [0.1, 0.15) is 10.0 Å². The molecular formula is C8H8Cl2N3+. The standard InChI is InChI=1S/C8H8Cl2N3/c1-13(2)5-3-6(9)8(12-11)7(10)4-5/h3-4H,1-2H3/q+1.